The first kappa shape index (κ1) is 13.9. The van der Waals surface area contributed by atoms with Gasteiger partial charge in [0.25, 0.3) is 5.89 Å². The average molecular weight is 289 g/mol. The second kappa shape index (κ2) is 6.13. The summed E-state index contributed by atoms with van der Waals surface area (Å²) >= 11 is 0. The highest BCUT2D eigenvalue weighted by Gasteiger charge is 2.28. The van der Waals surface area contributed by atoms with Gasteiger partial charge in [-0.05, 0) is 38.1 Å². The minimum Gasteiger partial charge on any atom is -0.497 e. The van der Waals surface area contributed by atoms with Crippen LogP contribution in [-0.2, 0) is 13.2 Å². The van der Waals surface area contributed by atoms with Gasteiger partial charge in [-0.15, -0.1) is 0 Å². The van der Waals surface area contributed by atoms with Crippen molar-refractivity contribution in [3.8, 4) is 11.5 Å². The number of nitrogens with zero attached hydrogens (tertiary/aromatic N) is 2. The Labute approximate surface area is 123 Å². The maximum Gasteiger partial charge on any atom is 0.264 e. The topological polar surface area (TPSA) is 69.4 Å². The highest BCUT2D eigenvalue weighted by Crippen LogP contribution is 2.38. The molecule has 0 spiro atoms. The Morgan fingerprint density at radius 1 is 1.38 bits per heavy atom. The summed E-state index contributed by atoms with van der Waals surface area (Å²) in [5.41, 5.74) is 1.03. The fraction of sp³-hybridized carbons (Fsp3) is 0.467. The second-order valence-corrected chi connectivity index (χ2v) is 5.11. The zero-order valence-electron chi connectivity index (χ0n) is 12.3. The molecular formula is C15H19N3O3. The van der Waals surface area contributed by atoms with Gasteiger partial charge in [0.05, 0.1) is 7.11 Å². The van der Waals surface area contributed by atoms with E-state index in [1.165, 1.54) is 0 Å². The Morgan fingerprint density at radius 2 is 2.24 bits per heavy atom. The van der Waals surface area contributed by atoms with Crippen LogP contribution >= 0.6 is 0 Å². The van der Waals surface area contributed by atoms with Gasteiger partial charge in [-0.3, -0.25) is 0 Å². The Morgan fingerprint density at radius 3 is 2.95 bits per heavy atom. The molecule has 6 heteroatoms. The minimum atomic E-state index is 0.281. The fourth-order valence-corrected chi connectivity index (χ4v) is 2.13. The van der Waals surface area contributed by atoms with Gasteiger partial charge in [0.1, 0.15) is 11.5 Å². The molecule has 1 N–H and O–H groups in total. The van der Waals surface area contributed by atoms with Gasteiger partial charge in [-0.2, -0.15) is 4.98 Å². The molecule has 0 unspecified atom stereocenters. The molecule has 21 heavy (non-hydrogen) atoms. The van der Waals surface area contributed by atoms with Crippen LogP contribution in [0.25, 0.3) is 0 Å². The van der Waals surface area contributed by atoms with E-state index in [1.807, 2.05) is 25.2 Å². The molecule has 1 aromatic heterocycles. The molecule has 1 aliphatic carbocycles. The van der Waals surface area contributed by atoms with Gasteiger partial charge in [0.2, 0.25) is 0 Å². The molecule has 3 rings (SSSR count). The molecule has 0 atom stereocenters. The standard InChI is InChI=1S/C15H19N3O3/c1-16-8-11-7-12(19-2)5-6-13(11)20-9-14-17-15(18-21-14)10-3-4-10/h5-7,10,16H,3-4,8-9H2,1-2H3. The SMILES string of the molecule is CNCc1cc(OC)ccc1OCc1nc(C2CC2)no1. The zero-order valence-corrected chi connectivity index (χ0v) is 12.3. The number of aromatic nitrogens is 2. The van der Waals surface area contributed by atoms with Gasteiger partial charge >= 0.3 is 0 Å². The maximum absolute atomic E-state index is 5.80. The van der Waals surface area contributed by atoms with Gasteiger partial charge in [-0.25, -0.2) is 0 Å². The number of hydrogen-bond donors (Lipinski definition) is 1. The van der Waals surface area contributed by atoms with Crippen molar-refractivity contribution in [2.24, 2.45) is 0 Å². The third kappa shape index (κ3) is 3.33. The summed E-state index contributed by atoms with van der Waals surface area (Å²) in [7, 11) is 3.54. The number of ether oxygens (including phenoxy) is 2. The van der Waals surface area contributed by atoms with Crippen LogP contribution in [0.5, 0.6) is 11.5 Å². The lowest BCUT2D eigenvalue weighted by Gasteiger charge is -2.11. The summed E-state index contributed by atoms with van der Waals surface area (Å²) in [4.78, 5) is 4.35. The quantitative estimate of drug-likeness (QED) is 0.843. The molecule has 0 radical (unpaired) electrons. The molecule has 0 aliphatic heterocycles. The fourth-order valence-electron chi connectivity index (χ4n) is 2.13. The van der Waals surface area contributed by atoms with E-state index in [9.17, 15) is 0 Å². The van der Waals surface area contributed by atoms with Gasteiger partial charge in [0.15, 0.2) is 12.4 Å². The first-order valence-corrected chi connectivity index (χ1v) is 7.07. The number of methoxy groups -OCH3 is 1. The van der Waals surface area contributed by atoms with Gasteiger partial charge in [-0.1, -0.05) is 5.16 Å². The zero-order chi connectivity index (χ0) is 14.7. The molecule has 6 nitrogen and oxygen atoms in total. The molecule has 1 aliphatic rings. The van der Waals surface area contributed by atoms with Crippen LogP contribution in [0.2, 0.25) is 0 Å². The third-order valence-corrected chi connectivity index (χ3v) is 3.41. The molecule has 0 bridgehead atoms. The number of rotatable bonds is 7. The Balaban J connectivity index is 1.67. The highest BCUT2D eigenvalue weighted by molar-refractivity contribution is 5.40. The summed E-state index contributed by atoms with van der Waals surface area (Å²) < 4.78 is 16.2. The van der Waals surface area contributed by atoms with Crippen LogP contribution in [0.15, 0.2) is 22.7 Å². The normalized spacial score (nSPS) is 14.2. The molecule has 1 saturated carbocycles. The smallest absolute Gasteiger partial charge is 0.264 e. The van der Waals surface area contributed by atoms with Crippen molar-refractivity contribution >= 4 is 0 Å². The van der Waals surface area contributed by atoms with Crippen molar-refractivity contribution in [2.75, 3.05) is 14.2 Å². The molecule has 2 aromatic rings. The molecule has 112 valence electrons. The van der Waals surface area contributed by atoms with Crippen LogP contribution in [0, 0.1) is 0 Å². The van der Waals surface area contributed by atoms with E-state index in [0.717, 1.165) is 35.7 Å². The average Bonchev–Trinajstić information content (AvgIpc) is 3.25. The Kier molecular flexibility index (Phi) is 4.06. The highest BCUT2D eigenvalue weighted by atomic mass is 16.5. The molecule has 1 aromatic carbocycles. The number of nitrogens with one attached hydrogen (secondary N) is 1. The van der Waals surface area contributed by atoms with E-state index in [4.69, 9.17) is 14.0 Å². The molecule has 0 saturated heterocycles. The van der Waals surface area contributed by atoms with Gasteiger partial charge in [0, 0.05) is 18.0 Å². The third-order valence-electron chi connectivity index (χ3n) is 3.41. The van der Waals surface area contributed by atoms with E-state index < -0.39 is 0 Å². The van der Waals surface area contributed by atoms with Crippen molar-refractivity contribution in [1.82, 2.24) is 15.5 Å². The van der Waals surface area contributed by atoms with Gasteiger partial charge < -0.3 is 19.3 Å². The Hall–Kier alpha value is -2.08. The second-order valence-electron chi connectivity index (χ2n) is 5.11. The van der Waals surface area contributed by atoms with Crippen molar-refractivity contribution in [2.45, 2.75) is 31.9 Å². The van der Waals surface area contributed by atoms with E-state index in [0.29, 0.717) is 18.4 Å². The van der Waals surface area contributed by atoms with Crippen LogP contribution in [0.1, 0.15) is 36.0 Å². The van der Waals surface area contributed by atoms with Crippen LogP contribution in [0.4, 0.5) is 0 Å². The summed E-state index contributed by atoms with van der Waals surface area (Å²) in [5, 5.41) is 7.09. The molecule has 1 heterocycles. The van der Waals surface area contributed by atoms with E-state index in [-0.39, 0.29) is 6.61 Å². The summed E-state index contributed by atoms with van der Waals surface area (Å²) in [6.45, 7) is 0.979. The monoisotopic (exact) mass is 289 g/mol. The lowest BCUT2D eigenvalue weighted by molar-refractivity contribution is 0.240. The first-order chi connectivity index (χ1) is 10.3. The summed E-state index contributed by atoms with van der Waals surface area (Å²) in [6.07, 6.45) is 2.31. The molecule has 1 fully saturated rings. The maximum atomic E-state index is 5.80. The predicted molar refractivity (Wildman–Crippen MR) is 76.4 cm³/mol. The summed E-state index contributed by atoms with van der Waals surface area (Å²) in [6, 6.07) is 5.72. The van der Waals surface area contributed by atoms with Crippen LogP contribution in [0.3, 0.4) is 0 Å². The minimum absolute atomic E-state index is 0.281. The van der Waals surface area contributed by atoms with Crippen LogP contribution < -0.4 is 14.8 Å². The van der Waals surface area contributed by atoms with Crippen molar-refractivity contribution in [3.05, 3.63) is 35.5 Å². The number of hydrogen-bond acceptors (Lipinski definition) is 6. The Bertz CT molecular complexity index is 608. The van der Waals surface area contributed by atoms with E-state index in [1.54, 1.807) is 7.11 Å². The van der Waals surface area contributed by atoms with Crippen molar-refractivity contribution in [1.29, 1.82) is 0 Å². The van der Waals surface area contributed by atoms with Crippen LogP contribution in [-0.4, -0.2) is 24.3 Å². The molecular weight excluding hydrogens is 270 g/mol. The number of benzene rings is 1. The van der Waals surface area contributed by atoms with Crippen molar-refractivity contribution in [3.63, 3.8) is 0 Å². The van der Waals surface area contributed by atoms with E-state index >= 15 is 0 Å². The van der Waals surface area contributed by atoms with E-state index in [2.05, 4.69) is 15.5 Å². The molecule has 0 amide bonds. The van der Waals surface area contributed by atoms with Crippen molar-refractivity contribution < 1.29 is 14.0 Å². The predicted octanol–water partition coefficient (Wildman–Crippen LogP) is 2.25. The largest absolute Gasteiger partial charge is 0.497 e. The first-order valence-electron chi connectivity index (χ1n) is 7.07. The lowest BCUT2D eigenvalue weighted by Crippen LogP contribution is -2.08. The summed E-state index contributed by atoms with van der Waals surface area (Å²) in [5.74, 6) is 3.41. The lowest BCUT2D eigenvalue weighted by atomic mass is 10.2.